The fourth-order valence-corrected chi connectivity index (χ4v) is 3.70. The monoisotopic (exact) mass is 344 g/mol. The Hall–Kier alpha value is -1.88. The van der Waals surface area contributed by atoms with Crippen LogP contribution in [0.15, 0.2) is 24.3 Å². The SMILES string of the molecule is Cc1ccccc1[C@@H]1[C@@H](C(=O)NCC2(C(C)C)CC2)OCC(=O)N1C. The molecule has 2 atom stereocenters. The topological polar surface area (TPSA) is 58.6 Å². The third-order valence-electron chi connectivity index (χ3n) is 5.98. The Labute approximate surface area is 149 Å². The van der Waals surface area contributed by atoms with Gasteiger partial charge >= 0.3 is 0 Å². The molecule has 5 heteroatoms. The third-order valence-corrected chi connectivity index (χ3v) is 5.98. The van der Waals surface area contributed by atoms with Gasteiger partial charge in [0.05, 0.1) is 6.04 Å². The molecule has 1 aromatic rings. The Balaban J connectivity index is 1.79. The van der Waals surface area contributed by atoms with Crippen molar-refractivity contribution in [3.63, 3.8) is 0 Å². The van der Waals surface area contributed by atoms with Gasteiger partial charge in [0.1, 0.15) is 6.61 Å². The maximum absolute atomic E-state index is 12.9. The quantitative estimate of drug-likeness (QED) is 0.892. The van der Waals surface area contributed by atoms with E-state index in [2.05, 4.69) is 19.2 Å². The number of nitrogens with zero attached hydrogens (tertiary/aromatic N) is 1. The predicted octanol–water partition coefficient (Wildman–Crippen LogP) is 2.45. The van der Waals surface area contributed by atoms with Crippen molar-refractivity contribution in [2.75, 3.05) is 20.2 Å². The van der Waals surface area contributed by atoms with Gasteiger partial charge in [-0.3, -0.25) is 9.59 Å². The van der Waals surface area contributed by atoms with E-state index in [0.717, 1.165) is 24.0 Å². The van der Waals surface area contributed by atoms with E-state index >= 15 is 0 Å². The van der Waals surface area contributed by atoms with Gasteiger partial charge in [-0.15, -0.1) is 0 Å². The van der Waals surface area contributed by atoms with Gasteiger partial charge in [-0.25, -0.2) is 0 Å². The molecular formula is C20H28N2O3. The third kappa shape index (κ3) is 3.43. The van der Waals surface area contributed by atoms with E-state index < -0.39 is 12.1 Å². The minimum Gasteiger partial charge on any atom is -0.356 e. The molecule has 25 heavy (non-hydrogen) atoms. The summed E-state index contributed by atoms with van der Waals surface area (Å²) in [6.07, 6.45) is 1.65. The average Bonchev–Trinajstić information content (AvgIpc) is 3.37. The number of rotatable bonds is 5. The van der Waals surface area contributed by atoms with Crippen molar-refractivity contribution in [3.8, 4) is 0 Å². The first kappa shape index (κ1) is 17.9. The number of aryl methyl sites for hydroxylation is 1. The van der Waals surface area contributed by atoms with E-state index in [0.29, 0.717) is 12.5 Å². The van der Waals surface area contributed by atoms with Gasteiger partial charge in [-0.2, -0.15) is 0 Å². The Morgan fingerprint density at radius 2 is 2.04 bits per heavy atom. The highest BCUT2D eigenvalue weighted by atomic mass is 16.5. The second-order valence-corrected chi connectivity index (χ2v) is 7.77. The number of nitrogens with one attached hydrogen (secondary N) is 1. The lowest BCUT2D eigenvalue weighted by molar-refractivity contribution is -0.162. The lowest BCUT2D eigenvalue weighted by atomic mass is 9.91. The van der Waals surface area contributed by atoms with Gasteiger partial charge in [-0.1, -0.05) is 38.1 Å². The van der Waals surface area contributed by atoms with E-state index in [-0.39, 0.29) is 23.8 Å². The van der Waals surface area contributed by atoms with Crippen LogP contribution in [0.5, 0.6) is 0 Å². The van der Waals surface area contributed by atoms with Crippen LogP contribution in [-0.2, 0) is 14.3 Å². The molecule has 1 saturated carbocycles. The Bertz CT molecular complexity index is 667. The van der Waals surface area contributed by atoms with E-state index in [1.165, 1.54) is 0 Å². The standard InChI is InChI=1S/C20H28N2O3/c1-13(2)20(9-10-20)12-21-19(24)18-17(22(4)16(23)11-25-18)15-8-6-5-7-14(15)3/h5-8,13,17-18H,9-12H2,1-4H3,(H,21,24)/t17-,18+/m1/s1. The number of hydrogen-bond acceptors (Lipinski definition) is 3. The number of carbonyl (C=O) groups is 2. The first-order chi connectivity index (χ1) is 11.9. The summed E-state index contributed by atoms with van der Waals surface area (Å²) in [5.74, 6) is 0.328. The lowest BCUT2D eigenvalue weighted by Crippen LogP contribution is -2.53. The van der Waals surface area contributed by atoms with Crippen LogP contribution in [0.4, 0.5) is 0 Å². The molecule has 0 radical (unpaired) electrons. The second-order valence-electron chi connectivity index (χ2n) is 7.77. The summed E-state index contributed by atoms with van der Waals surface area (Å²) in [4.78, 5) is 26.7. The summed E-state index contributed by atoms with van der Waals surface area (Å²) < 4.78 is 5.69. The maximum atomic E-state index is 12.9. The van der Waals surface area contributed by atoms with Gasteiger partial charge in [-0.05, 0) is 42.2 Å². The van der Waals surface area contributed by atoms with E-state index in [1.807, 2.05) is 31.2 Å². The van der Waals surface area contributed by atoms with Gasteiger partial charge in [0.2, 0.25) is 5.91 Å². The molecule has 2 amide bonds. The molecule has 0 aromatic heterocycles. The lowest BCUT2D eigenvalue weighted by Gasteiger charge is -2.39. The molecule has 1 N–H and O–H groups in total. The molecule has 1 heterocycles. The van der Waals surface area contributed by atoms with Crippen LogP contribution in [0.1, 0.15) is 43.9 Å². The maximum Gasteiger partial charge on any atom is 0.251 e. The molecule has 1 aromatic carbocycles. The van der Waals surface area contributed by atoms with E-state index in [1.54, 1.807) is 11.9 Å². The molecule has 3 rings (SSSR count). The average molecular weight is 344 g/mol. The van der Waals surface area contributed by atoms with Gasteiger partial charge < -0.3 is 15.0 Å². The fourth-order valence-electron chi connectivity index (χ4n) is 3.70. The molecule has 2 aliphatic rings. The molecule has 0 unspecified atom stereocenters. The Kier molecular flexibility index (Phi) is 4.87. The zero-order valence-electron chi connectivity index (χ0n) is 15.5. The summed E-state index contributed by atoms with van der Waals surface area (Å²) >= 11 is 0. The number of carbonyl (C=O) groups excluding carboxylic acids is 2. The highest BCUT2D eigenvalue weighted by molar-refractivity contribution is 5.86. The molecular weight excluding hydrogens is 316 g/mol. The van der Waals surface area contributed by atoms with Crippen LogP contribution in [-0.4, -0.2) is 43.0 Å². The van der Waals surface area contributed by atoms with Crippen molar-refractivity contribution in [1.29, 1.82) is 0 Å². The fraction of sp³-hybridized carbons (Fsp3) is 0.600. The first-order valence-electron chi connectivity index (χ1n) is 9.06. The summed E-state index contributed by atoms with van der Waals surface area (Å²) in [5, 5.41) is 3.09. The van der Waals surface area contributed by atoms with Crippen LogP contribution in [0.25, 0.3) is 0 Å². The zero-order valence-corrected chi connectivity index (χ0v) is 15.5. The minimum absolute atomic E-state index is 0.0493. The highest BCUT2D eigenvalue weighted by Gasteiger charge is 2.46. The van der Waals surface area contributed by atoms with E-state index in [9.17, 15) is 9.59 Å². The first-order valence-corrected chi connectivity index (χ1v) is 9.06. The van der Waals surface area contributed by atoms with Crippen molar-refractivity contribution >= 4 is 11.8 Å². The Morgan fingerprint density at radius 3 is 2.64 bits per heavy atom. The normalized spacial score (nSPS) is 25.2. The number of ether oxygens (including phenoxy) is 1. The molecule has 0 bridgehead atoms. The molecule has 0 spiro atoms. The van der Waals surface area contributed by atoms with Crippen LogP contribution in [0, 0.1) is 18.3 Å². The number of morpholine rings is 1. The Morgan fingerprint density at radius 1 is 1.36 bits per heavy atom. The molecule has 5 nitrogen and oxygen atoms in total. The molecule has 136 valence electrons. The number of likely N-dealkylation sites (N-methyl/N-ethyl adjacent to an activating group) is 1. The minimum atomic E-state index is -0.674. The second kappa shape index (κ2) is 6.79. The summed E-state index contributed by atoms with van der Waals surface area (Å²) in [7, 11) is 1.75. The predicted molar refractivity (Wildman–Crippen MR) is 95.9 cm³/mol. The van der Waals surface area contributed by atoms with Crippen molar-refractivity contribution < 1.29 is 14.3 Å². The molecule has 2 fully saturated rings. The molecule has 1 saturated heterocycles. The van der Waals surface area contributed by atoms with Crippen LogP contribution in [0.2, 0.25) is 0 Å². The van der Waals surface area contributed by atoms with Crippen LogP contribution in [0.3, 0.4) is 0 Å². The van der Waals surface area contributed by atoms with Crippen LogP contribution < -0.4 is 5.32 Å². The van der Waals surface area contributed by atoms with Crippen LogP contribution >= 0.6 is 0 Å². The molecule has 1 aliphatic carbocycles. The summed E-state index contributed by atoms with van der Waals surface area (Å²) in [6.45, 7) is 7.04. The van der Waals surface area contributed by atoms with Gasteiger partial charge in [0.15, 0.2) is 6.10 Å². The van der Waals surface area contributed by atoms with E-state index in [4.69, 9.17) is 4.74 Å². The van der Waals surface area contributed by atoms with Crippen molar-refractivity contribution in [2.24, 2.45) is 11.3 Å². The number of amides is 2. The highest BCUT2D eigenvalue weighted by Crippen LogP contribution is 2.51. The number of hydrogen-bond donors (Lipinski definition) is 1. The smallest absolute Gasteiger partial charge is 0.251 e. The summed E-state index contributed by atoms with van der Waals surface area (Å²) in [6, 6.07) is 7.46. The molecule has 1 aliphatic heterocycles. The largest absolute Gasteiger partial charge is 0.356 e. The van der Waals surface area contributed by atoms with Crippen molar-refractivity contribution in [3.05, 3.63) is 35.4 Å². The summed E-state index contributed by atoms with van der Waals surface area (Å²) in [5.41, 5.74) is 2.25. The number of benzene rings is 1. The van der Waals surface area contributed by atoms with Crippen molar-refractivity contribution in [1.82, 2.24) is 10.2 Å². The zero-order chi connectivity index (χ0) is 18.2. The van der Waals surface area contributed by atoms with Gasteiger partial charge in [0.25, 0.3) is 5.91 Å². The van der Waals surface area contributed by atoms with Crippen molar-refractivity contribution in [2.45, 2.75) is 45.8 Å². The van der Waals surface area contributed by atoms with Gasteiger partial charge in [0, 0.05) is 13.6 Å².